The van der Waals surface area contributed by atoms with Crippen LogP contribution in [0.25, 0.3) is 38.9 Å². The molecule has 6 rings (SSSR count). The van der Waals surface area contributed by atoms with E-state index in [1.165, 1.54) is 5.56 Å². The number of nitrogens with one attached hydrogen (secondary N) is 1. The summed E-state index contributed by atoms with van der Waals surface area (Å²) in [5.41, 5.74) is 7.97. The van der Waals surface area contributed by atoms with Crippen molar-refractivity contribution < 1.29 is 0 Å². The molecule has 1 aromatic carbocycles. The van der Waals surface area contributed by atoms with Crippen LogP contribution in [0.1, 0.15) is 11.3 Å². The first-order chi connectivity index (χ1) is 16.2. The maximum Gasteiger partial charge on any atom is 0.162 e. The summed E-state index contributed by atoms with van der Waals surface area (Å²) in [7, 11) is 0. The predicted molar refractivity (Wildman–Crippen MR) is 130 cm³/mol. The average Bonchev–Trinajstić information content (AvgIpc) is 3.28. The van der Waals surface area contributed by atoms with E-state index in [0.717, 1.165) is 77.4 Å². The van der Waals surface area contributed by atoms with Gasteiger partial charge in [0.25, 0.3) is 0 Å². The Balaban J connectivity index is 1.30. The summed E-state index contributed by atoms with van der Waals surface area (Å²) in [5.74, 6) is 0. The molecule has 5 heterocycles. The Kier molecular flexibility index (Phi) is 5.05. The van der Waals surface area contributed by atoms with Crippen LogP contribution < -0.4 is 5.32 Å². The summed E-state index contributed by atoms with van der Waals surface area (Å²) in [4.78, 5) is 16.6. The summed E-state index contributed by atoms with van der Waals surface area (Å²) < 4.78 is 1.83. The van der Waals surface area contributed by atoms with Crippen molar-refractivity contribution in [1.29, 1.82) is 0 Å². The fourth-order valence-electron chi connectivity index (χ4n) is 4.50. The lowest BCUT2D eigenvalue weighted by atomic mass is 10.0. The smallest absolute Gasteiger partial charge is 0.162 e. The van der Waals surface area contributed by atoms with Crippen LogP contribution in [0.15, 0.2) is 67.3 Å². The molecule has 5 aromatic rings. The topological polar surface area (TPSA) is 71.2 Å². The molecular formula is C26H25N7. The maximum atomic E-state index is 4.76. The highest BCUT2D eigenvalue weighted by Crippen LogP contribution is 2.31. The molecule has 0 atom stereocenters. The number of aromatic nitrogens is 5. The third-order valence-electron chi connectivity index (χ3n) is 6.25. The second-order valence-electron chi connectivity index (χ2n) is 8.57. The molecule has 1 aliphatic rings. The van der Waals surface area contributed by atoms with Crippen LogP contribution in [0.2, 0.25) is 0 Å². The van der Waals surface area contributed by atoms with Crippen LogP contribution in [0, 0.1) is 6.92 Å². The molecule has 4 aromatic heterocycles. The molecule has 1 aliphatic heterocycles. The molecule has 1 N–H and O–H groups in total. The SMILES string of the molecule is Cc1ccc2c(-c3cnn4cc(-c5ccc(CN6CCNCC6)cn5)cnc34)cccc2n1. The number of hydrogen-bond donors (Lipinski definition) is 1. The zero-order valence-electron chi connectivity index (χ0n) is 18.6. The molecule has 0 aliphatic carbocycles. The second kappa shape index (κ2) is 8.35. The second-order valence-corrected chi connectivity index (χ2v) is 8.57. The van der Waals surface area contributed by atoms with Gasteiger partial charge in [0, 0.05) is 73.5 Å². The molecule has 7 nitrogen and oxygen atoms in total. The Morgan fingerprint density at radius 1 is 0.909 bits per heavy atom. The van der Waals surface area contributed by atoms with Crippen molar-refractivity contribution in [2.75, 3.05) is 26.2 Å². The molecule has 0 bridgehead atoms. The van der Waals surface area contributed by atoms with E-state index >= 15 is 0 Å². The number of hydrogen-bond acceptors (Lipinski definition) is 6. The standard InChI is InChI=1S/C26H25N7/c1-18-5-7-22-21(3-2-4-25(22)31-18)23-15-30-33-17-20(14-29-26(23)33)24-8-6-19(13-28-24)16-32-11-9-27-10-12-32/h2-8,13-15,17,27H,9-12,16H2,1H3. The van der Waals surface area contributed by atoms with Gasteiger partial charge in [-0.1, -0.05) is 24.3 Å². The minimum atomic E-state index is 0.821. The first kappa shape index (κ1) is 20.0. The third kappa shape index (κ3) is 3.86. The number of rotatable bonds is 4. The highest BCUT2D eigenvalue weighted by molar-refractivity contribution is 5.98. The number of aryl methyl sites for hydroxylation is 1. The zero-order valence-corrected chi connectivity index (χ0v) is 18.6. The monoisotopic (exact) mass is 435 g/mol. The summed E-state index contributed by atoms with van der Waals surface area (Å²) in [6.45, 7) is 7.22. The normalized spacial score (nSPS) is 14.8. The van der Waals surface area contributed by atoms with Crippen LogP contribution in [0.3, 0.4) is 0 Å². The van der Waals surface area contributed by atoms with Gasteiger partial charge in [-0.3, -0.25) is 14.9 Å². The first-order valence-electron chi connectivity index (χ1n) is 11.3. The van der Waals surface area contributed by atoms with Crippen molar-refractivity contribution in [3.63, 3.8) is 0 Å². The molecule has 0 saturated carbocycles. The van der Waals surface area contributed by atoms with Crippen LogP contribution in [-0.4, -0.2) is 55.6 Å². The number of piperazine rings is 1. The molecule has 0 amide bonds. The number of benzene rings is 1. The zero-order chi connectivity index (χ0) is 22.2. The lowest BCUT2D eigenvalue weighted by molar-refractivity contribution is 0.233. The molecule has 1 fully saturated rings. The first-order valence-corrected chi connectivity index (χ1v) is 11.3. The Labute approximate surface area is 192 Å². The molecule has 7 heteroatoms. The highest BCUT2D eigenvalue weighted by Gasteiger charge is 2.14. The summed E-state index contributed by atoms with van der Waals surface area (Å²) in [6.07, 6.45) is 7.73. The fourth-order valence-corrected chi connectivity index (χ4v) is 4.50. The molecule has 0 unspecified atom stereocenters. The number of pyridine rings is 2. The minimum Gasteiger partial charge on any atom is -0.314 e. The van der Waals surface area contributed by atoms with E-state index < -0.39 is 0 Å². The molecular weight excluding hydrogens is 410 g/mol. The Morgan fingerprint density at radius 2 is 1.82 bits per heavy atom. The Morgan fingerprint density at radius 3 is 2.67 bits per heavy atom. The van der Waals surface area contributed by atoms with Crippen molar-refractivity contribution in [1.82, 2.24) is 34.8 Å². The lowest BCUT2D eigenvalue weighted by Crippen LogP contribution is -2.42. The van der Waals surface area contributed by atoms with E-state index in [9.17, 15) is 0 Å². The maximum absolute atomic E-state index is 4.76. The summed E-state index contributed by atoms with van der Waals surface area (Å²) in [6, 6.07) is 14.6. The van der Waals surface area contributed by atoms with Crippen LogP contribution in [0.4, 0.5) is 0 Å². The van der Waals surface area contributed by atoms with Gasteiger partial charge in [-0.25, -0.2) is 9.50 Å². The van der Waals surface area contributed by atoms with Crippen molar-refractivity contribution in [3.8, 4) is 22.4 Å². The van der Waals surface area contributed by atoms with Gasteiger partial charge in [0.05, 0.1) is 17.4 Å². The van der Waals surface area contributed by atoms with Crippen LogP contribution >= 0.6 is 0 Å². The molecule has 1 saturated heterocycles. The number of nitrogens with zero attached hydrogens (tertiary/aromatic N) is 6. The number of fused-ring (bicyclic) bond motifs is 2. The van der Waals surface area contributed by atoms with Crippen molar-refractivity contribution >= 4 is 16.6 Å². The summed E-state index contributed by atoms with van der Waals surface area (Å²) in [5, 5.41) is 9.09. The van der Waals surface area contributed by atoms with Gasteiger partial charge in [-0.05, 0) is 36.2 Å². The Bertz CT molecular complexity index is 1430. The van der Waals surface area contributed by atoms with Gasteiger partial charge in [-0.15, -0.1) is 0 Å². The molecule has 33 heavy (non-hydrogen) atoms. The molecule has 0 spiro atoms. The lowest BCUT2D eigenvalue weighted by Gasteiger charge is -2.27. The van der Waals surface area contributed by atoms with Crippen molar-refractivity contribution in [3.05, 3.63) is 78.5 Å². The molecule has 164 valence electrons. The van der Waals surface area contributed by atoms with E-state index in [0.29, 0.717) is 0 Å². The van der Waals surface area contributed by atoms with E-state index in [2.05, 4.69) is 44.6 Å². The molecule has 0 radical (unpaired) electrons. The van der Waals surface area contributed by atoms with E-state index in [4.69, 9.17) is 9.97 Å². The van der Waals surface area contributed by atoms with Gasteiger partial charge in [0.15, 0.2) is 5.65 Å². The quantitative estimate of drug-likeness (QED) is 0.464. The van der Waals surface area contributed by atoms with Gasteiger partial charge in [0.1, 0.15) is 0 Å². The van der Waals surface area contributed by atoms with Crippen LogP contribution in [0.5, 0.6) is 0 Å². The van der Waals surface area contributed by atoms with E-state index in [-0.39, 0.29) is 0 Å². The van der Waals surface area contributed by atoms with E-state index in [1.807, 2.05) is 54.4 Å². The summed E-state index contributed by atoms with van der Waals surface area (Å²) >= 11 is 0. The minimum absolute atomic E-state index is 0.821. The largest absolute Gasteiger partial charge is 0.314 e. The average molecular weight is 436 g/mol. The van der Waals surface area contributed by atoms with Crippen molar-refractivity contribution in [2.45, 2.75) is 13.5 Å². The van der Waals surface area contributed by atoms with Gasteiger partial charge in [0.2, 0.25) is 0 Å². The fraction of sp³-hybridized carbons (Fsp3) is 0.231. The predicted octanol–water partition coefficient (Wildman–Crippen LogP) is 3.72. The van der Waals surface area contributed by atoms with Crippen LogP contribution in [-0.2, 0) is 6.54 Å². The Hall–Kier alpha value is -3.68. The third-order valence-corrected chi connectivity index (χ3v) is 6.25. The van der Waals surface area contributed by atoms with E-state index in [1.54, 1.807) is 0 Å². The van der Waals surface area contributed by atoms with Gasteiger partial charge >= 0.3 is 0 Å². The van der Waals surface area contributed by atoms with Gasteiger partial charge < -0.3 is 5.32 Å². The highest BCUT2D eigenvalue weighted by atomic mass is 15.2. The van der Waals surface area contributed by atoms with Gasteiger partial charge in [-0.2, -0.15) is 5.10 Å². The van der Waals surface area contributed by atoms with Crippen molar-refractivity contribution in [2.24, 2.45) is 0 Å².